The Morgan fingerprint density at radius 1 is 1.50 bits per heavy atom. The number of nitrogens with zero attached hydrogens (tertiary/aromatic N) is 2. The van der Waals surface area contributed by atoms with Crippen LogP contribution in [0.1, 0.15) is 42.6 Å². The predicted molar refractivity (Wildman–Crippen MR) is 68.0 cm³/mol. The third kappa shape index (κ3) is 2.64. The van der Waals surface area contributed by atoms with Gasteiger partial charge >= 0.3 is 0 Å². The van der Waals surface area contributed by atoms with E-state index in [0.29, 0.717) is 11.4 Å². The third-order valence-corrected chi connectivity index (χ3v) is 3.48. The molecular weight excluding hydrogens is 232 g/mol. The van der Waals surface area contributed by atoms with Crippen LogP contribution < -0.4 is 11.1 Å². The molecule has 18 heavy (non-hydrogen) atoms. The van der Waals surface area contributed by atoms with Crippen molar-refractivity contribution in [1.82, 2.24) is 15.1 Å². The number of nitrogens with two attached hydrogens (primary N) is 1. The smallest absolute Gasteiger partial charge is 0.271 e. The number of hydrogen-bond acceptors (Lipinski definition) is 4. The van der Waals surface area contributed by atoms with Gasteiger partial charge in [-0.2, -0.15) is 5.10 Å². The molecule has 2 rings (SSSR count). The highest BCUT2D eigenvalue weighted by Gasteiger charge is 2.25. The normalized spacial score (nSPS) is 24.6. The lowest BCUT2D eigenvalue weighted by molar-refractivity contribution is 0.0811. The number of anilines is 1. The van der Waals surface area contributed by atoms with Crippen molar-refractivity contribution >= 4 is 11.6 Å². The summed E-state index contributed by atoms with van der Waals surface area (Å²) in [5.41, 5.74) is 6.42. The second-order valence-corrected chi connectivity index (χ2v) is 4.86. The number of amides is 1. The van der Waals surface area contributed by atoms with Crippen LogP contribution in [0.25, 0.3) is 0 Å². The zero-order chi connectivity index (χ0) is 13.1. The summed E-state index contributed by atoms with van der Waals surface area (Å²) in [4.78, 5) is 12.1. The van der Waals surface area contributed by atoms with Crippen molar-refractivity contribution in [1.29, 1.82) is 0 Å². The van der Waals surface area contributed by atoms with Gasteiger partial charge in [0, 0.05) is 7.05 Å². The van der Waals surface area contributed by atoms with Crippen LogP contribution in [0.5, 0.6) is 0 Å². The van der Waals surface area contributed by atoms with Crippen LogP contribution in [0.3, 0.4) is 0 Å². The quantitative estimate of drug-likeness (QED) is 0.665. The zero-order valence-corrected chi connectivity index (χ0v) is 10.6. The van der Waals surface area contributed by atoms with Crippen LogP contribution in [0.4, 0.5) is 5.69 Å². The number of aryl methyl sites for hydroxylation is 1. The van der Waals surface area contributed by atoms with Crippen LogP contribution in [-0.2, 0) is 7.05 Å². The minimum atomic E-state index is -0.467. The summed E-state index contributed by atoms with van der Waals surface area (Å²) in [5.74, 6) is -0.265. The molecule has 100 valence electrons. The van der Waals surface area contributed by atoms with Gasteiger partial charge in [-0.25, -0.2) is 0 Å². The Morgan fingerprint density at radius 2 is 2.22 bits per heavy atom. The summed E-state index contributed by atoms with van der Waals surface area (Å²) in [6, 6.07) is -0.186. The molecule has 1 amide bonds. The summed E-state index contributed by atoms with van der Waals surface area (Å²) in [6.45, 7) is 0. The number of nitrogen functional groups attached to an aromatic ring is 1. The number of aromatic nitrogens is 2. The maximum Gasteiger partial charge on any atom is 0.271 e. The van der Waals surface area contributed by atoms with Crippen molar-refractivity contribution in [2.24, 2.45) is 7.05 Å². The Balaban J connectivity index is 2.06. The highest BCUT2D eigenvalue weighted by atomic mass is 16.3. The molecule has 0 saturated heterocycles. The second kappa shape index (κ2) is 5.39. The molecule has 2 unspecified atom stereocenters. The van der Waals surface area contributed by atoms with Gasteiger partial charge in [-0.15, -0.1) is 0 Å². The van der Waals surface area contributed by atoms with E-state index in [2.05, 4.69) is 10.4 Å². The Bertz CT molecular complexity index is 410. The SMILES string of the molecule is Cn1ncc(N)c1C(=O)NC1CCCCCC1O. The Labute approximate surface area is 106 Å². The first-order chi connectivity index (χ1) is 8.59. The van der Waals surface area contributed by atoms with E-state index in [9.17, 15) is 9.90 Å². The molecular formula is C12H20N4O2. The number of aliphatic hydroxyl groups excluding tert-OH is 1. The molecule has 1 heterocycles. The zero-order valence-electron chi connectivity index (χ0n) is 10.6. The fourth-order valence-electron chi connectivity index (χ4n) is 2.43. The van der Waals surface area contributed by atoms with Gasteiger partial charge in [0.2, 0.25) is 0 Å². The largest absolute Gasteiger partial charge is 0.396 e. The van der Waals surface area contributed by atoms with Gasteiger partial charge in [0.25, 0.3) is 5.91 Å². The topological polar surface area (TPSA) is 93.2 Å². The van der Waals surface area contributed by atoms with Crippen LogP contribution in [0.2, 0.25) is 0 Å². The molecule has 0 bridgehead atoms. The van der Waals surface area contributed by atoms with E-state index >= 15 is 0 Å². The van der Waals surface area contributed by atoms with Crippen molar-refractivity contribution < 1.29 is 9.90 Å². The molecule has 1 fully saturated rings. The van der Waals surface area contributed by atoms with Gasteiger partial charge in [-0.05, 0) is 12.8 Å². The van der Waals surface area contributed by atoms with E-state index < -0.39 is 6.10 Å². The molecule has 1 aliphatic rings. The van der Waals surface area contributed by atoms with E-state index in [0.717, 1.165) is 32.1 Å². The Kier molecular flexibility index (Phi) is 3.86. The summed E-state index contributed by atoms with van der Waals surface area (Å²) in [7, 11) is 1.68. The molecule has 1 aliphatic carbocycles. The number of carbonyl (C=O) groups is 1. The Morgan fingerprint density at radius 3 is 2.89 bits per heavy atom. The summed E-state index contributed by atoms with van der Waals surface area (Å²) >= 11 is 0. The number of carbonyl (C=O) groups excluding carboxylic acids is 1. The van der Waals surface area contributed by atoms with Gasteiger partial charge < -0.3 is 16.2 Å². The van der Waals surface area contributed by atoms with Crippen LogP contribution in [0, 0.1) is 0 Å². The lowest BCUT2D eigenvalue weighted by Crippen LogP contribution is -2.43. The summed E-state index contributed by atoms with van der Waals surface area (Å²) in [6.07, 6.45) is 5.70. The van der Waals surface area contributed by atoms with Crippen LogP contribution in [-0.4, -0.2) is 32.9 Å². The van der Waals surface area contributed by atoms with Crippen molar-refractivity contribution in [2.45, 2.75) is 44.2 Å². The van der Waals surface area contributed by atoms with Gasteiger partial charge in [-0.3, -0.25) is 9.48 Å². The molecule has 0 aliphatic heterocycles. The Hall–Kier alpha value is -1.56. The number of nitrogens with one attached hydrogen (secondary N) is 1. The van der Waals surface area contributed by atoms with Gasteiger partial charge in [0.05, 0.1) is 24.0 Å². The van der Waals surface area contributed by atoms with Crippen molar-refractivity contribution in [3.63, 3.8) is 0 Å². The van der Waals surface area contributed by atoms with E-state index in [1.165, 1.54) is 10.9 Å². The van der Waals surface area contributed by atoms with E-state index in [1.807, 2.05) is 0 Å². The molecule has 6 heteroatoms. The predicted octanol–water partition coefficient (Wildman–Crippen LogP) is 0.426. The van der Waals surface area contributed by atoms with E-state index in [-0.39, 0.29) is 11.9 Å². The fourth-order valence-corrected chi connectivity index (χ4v) is 2.43. The molecule has 4 N–H and O–H groups in total. The van der Waals surface area contributed by atoms with Gasteiger partial charge in [-0.1, -0.05) is 19.3 Å². The lowest BCUT2D eigenvalue weighted by Gasteiger charge is -2.21. The molecule has 1 saturated carbocycles. The minimum absolute atomic E-state index is 0.186. The molecule has 1 aromatic heterocycles. The monoisotopic (exact) mass is 252 g/mol. The standard InChI is InChI=1S/C12H20N4O2/c1-16-11(8(13)7-14-16)12(18)15-9-5-3-2-4-6-10(9)17/h7,9-10,17H,2-6,13H2,1H3,(H,15,18). The molecule has 0 radical (unpaired) electrons. The first kappa shape index (κ1) is 12.9. The molecule has 2 atom stereocenters. The molecule has 0 spiro atoms. The van der Waals surface area contributed by atoms with Gasteiger partial charge in [0.1, 0.15) is 5.69 Å². The molecule has 0 aromatic carbocycles. The van der Waals surface area contributed by atoms with Crippen LogP contribution in [0.15, 0.2) is 6.20 Å². The van der Waals surface area contributed by atoms with Crippen molar-refractivity contribution in [3.8, 4) is 0 Å². The first-order valence-corrected chi connectivity index (χ1v) is 6.36. The number of aliphatic hydroxyl groups is 1. The molecule has 1 aromatic rings. The third-order valence-electron chi connectivity index (χ3n) is 3.48. The number of hydrogen-bond donors (Lipinski definition) is 3. The second-order valence-electron chi connectivity index (χ2n) is 4.86. The maximum atomic E-state index is 12.1. The number of rotatable bonds is 2. The average molecular weight is 252 g/mol. The lowest BCUT2D eigenvalue weighted by atomic mass is 10.1. The van der Waals surface area contributed by atoms with Gasteiger partial charge in [0.15, 0.2) is 0 Å². The summed E-state index contributed by atoms with van der Waals surface area (Å²) in [5, 5.41) is 16.8. The fraction of sp³-hybridized carbons (Fsp3) is 0.667. The van der Waals surface area contributed by atoms with Crippen molar-refractivity contribution in [2.75, 3.05) is 5.73 Å². The maximum absolute atomic E-state index is 12.1. The minimum Gasteiger partial charge on any atom is -0.396 e. The van der Waals surface area contributed by atoms with E-state index in [1.54, 1.807) is 7.05 Å². The first-order valence-electron chi connectivity index (χ1n) is 6.36. The van der Waals surface area contributed by atoms with E-state index in [4.69, 9.17) is 5.73 Å². The highest BCUT2D eigenvalue weighted by molar-refractivity contribution is 5.97. The highest BCUT2D eigenvalue weighted by Crippen LogP contribution is 2.19. The summed E-state index contributed by atoms with van der Waals surface area (Å²) < 4.78 is 1.45. The molecule has 6 nitrogen and oxygen atoms in total. The van der Waals surface area contributed by atoms with Crippen molar-refractivity contribution in [3.05, 3.63) is 11.9 Å². The van der Waals surface area contributed by atoms with Crippen LogP contribution >= 0.6 is 0 Å². The average Bonchev–Trinajstić information content (AvgIpc) is 2.53.